The minimum absolute atomic E-state index is 0.0635. The molecule has 2 aromatic rings. The van der Waals surface area contributed by atoms with Crippen molar-refractivity contribution in [3.63, 3.8) is 0 Å². The quantitative estimate of drug-likeness (QED) is 0.763. The van der Waals surface area contributed by atoms with Gasteiger partial charge in [-0.25, -0.2) is 4.39 Å². The molecular weight excluding hydrogens is 357 g/mol. The van der Waals surface area contributed by atoms with Gasteiger partial charge in [-0.05, 0) is 41.5 Å². The lowest BCUT2D eigenvalue weighted by Crippen LogP contribution is -2.38. The molecule has 1 saturated carbocycles. The van der Waals surface area contributed by atoms with E-state index in [1.54, 1.807) is 6.07 Å². The molecule has 4 nitrogen and oxygen atoms in total. The Bertz CT molecular complexity index is 850. The molecule has 1 aliphatic rings. The van der Waals surface area contributed by atoms with Gasteiger partial charge < -0.3 is 10.4 Å². The van der Waals surface area contributed by atoms with E-state index in [0.29, 0.717) is 24.0 Å². The van der Waals surface area contributed by atoms with E-state index in [1.807, 2.05) is 50.2 Å². The van der Waals surface area contributed by atoms with E-state index in [0.717, 1.165) is 12.0 Å². The first-order valence-electron chi connectivity index (χ1n) is 9.76. The summed E-state index contributed by atoms with van der Waals surface area (Å²) in [6, 6.07) is 13.9. The zero-order valence-electron chi connectivity index (χ0n) is 16.2. The normalized spacial score (nSPS) is 20.1. The van der Waals surface area contributed by atoms with Gasteiger partial charge in [-0.3, -0.25) is 9.59 Å². The smallest absolute Gasteiger partial charge is 0.307 e. The Morgan fingerprint density at radius 3 is 2.32 bits per heavy atom. The lowest BCUT2D eigenvalue weighted by molar-refractivity contribution is -0.146. The number of hydrogen-bond donors (Lipinski definition) is 2. The fourth-order valence-corrected chi connectivity index (χ4v) is 4.01. The summed E-state index contributed by atoms with van der Waals surface area (Å²) in [7, 11) is 0. The van der Waals surface area contributed by atoms with Crippen LogP contribution in [0.1, 0.15) is 61.8 Å². The fourth-order valence-electron chi connectivity index (χ4n) is 4.01. The Morgan fingerprint density at radius 2 is 1.71 bits per heavy atom. The maximum atomic E-state index is 14.6. The molecule has 5 heteroatoms. The standard InChI is InChI=1S/C23H26FNO3/c1-14(2)17-12-11-16(13-20(17)24)21(15-7-4-3-5-8-15)25-22(26)18-9-6-10-19(18)23(27)28/h3-5,7-8,11-14,18-19,21H,6,9-10H2,1-2H3,(H,25,26)(H,27,28)/t18-,19+,21+/m1/s1. The second kappa shape index (κ2) is 8.55. The number of nitrogens with one attached hydrogen (secondary N) is 1. The van der Waals surface area contributed by atoms with E-state index >= 15 is 0 Å². The highest BCUT2D eigenvalue weighted by Gasteiger charge is 2.38. The molecule has 3 atom stereocenters. The Balaban J connectivity index is 1.91. The van der Waals surface area contributed by atoms with Crippen molar-refractivity contribution in [2.75, 3.05) is 0 Å². The highest BCUT2D eigenvalue weighted by molar-refractivity contribution is 5.85. The first-order valence-corrected chi connectivity index (χ1v) is 9.76. The summed E-state index contributed by atoms with van der Waals surface area (Å²) in [6.07, 6.45) is 1.80. The molecule has 0 saturated heterocycles. The molecule has 0 spiro atoms. The average molecular weight is 383 g/mol. The van der Waals surface area contributed by atoms with Crippen LogP contribution >= 0.6 is 0 Å². The number of carboxylic acids is 1. The maximum Gasteiger partial charge on any atom is 0.307 e. The number of carboxylic acid groups (broad SMARTS) is 1. The molecule has 0 aliphatic heterocycles. The summed E-state index contributed by atoms with van der Waals surface area (Å²) in [6.45, 7) is 3.86. The average Bonchev–Trinajstić information content (AvgIpc) is 3.16. The third kappa shape index (κ3) is 4.24. The van der Waals surface area contributed by atoms with Crippen LogP contribution in [-0.4, -0.2) is 17.0 Å². The summed E-state index contributed by atoms with van der Waals surface area (Å²) >= 11 is 0. The van der Waals surface area contributed by atoms with Crippen molar-refractivity contribution in [2.24, 2.45) is 11.8 Å². The zero-order chi connectivity index (χ0) is 20.3. The summed E-state index contributed by atoms with van der Waals surface area (Å²) in [5, 5.41) is 12.4. The van der Waals surface area contributed by atoms with Crippen LogP contribution in [0.5, 0.6) is 0 Å². The van der Waals surface area contributed by atoms with Crippen molar-refractivity contribution in [1.82, 2.24) is 5.32 Å². The predicted octanol–water partition coefficient (Wildman–Crippen LogP) is 4.66. The van der Waals surface area contributed by atoms with Gasteiger partial charge >= 0.3 is 5.97 Å². The molecule has 1 amide bonds. The minimum Gasteiger partial charge on any atom is -0.481 e. The van der Waals surface area contributed by atoms with Crippen molar-refractivity contribution >= 4 is 11.9 Å². The summed E-state index contributed by atoms with van der Waals surface area (Å²) < 4.78 is 14.6. The second-order valence-corrected chi connectivity index (χ2v) is 7.77. The van der Waals surface area contributed by atoms with E-state index < -0.39 is 23.8 Å². The topological polar surface area (TPSA) is 66.4 Å². The van der Waals surface area contributed by atoms with Crippen molar-refractivity contribution in [2.45, 2.75) is 45.1 Å². The number of carbonyl (C=O) groups excluding carboxylic acids is 1. The van der Waals surface area contributed by atoms with Crippen LogP contribution in [0.25, 0.3) is 0 Å². The molecule has 1 aliphatic carbocycles. The molecule has 0 radical (unpaired) electrons. The Hall–Kier alpha value is -2.69. The molecule has 2 N–H and O–H groups in total. The van der Waals surface area contributed by atoms with Crippen LogP contribution < -0.4 is 5.32 Å². The number of aliphatic carboxylic acids is 1. The van der Waals surface area contributed by atoms with Crippen molar-refractivity contribution in [3.05, 3.63) is 71.0 Å². The van der Waals surface area contributed by atoms with Crippen molar-refractivity contribution < 1.29 is 19.1 Å². The van der Waals surface area contributed by atoms with Gasteiger partial charge in [0, 0.05) is 0 Å². The summed E-state index contributed by atoms with van der Waals surface area (Å²) in [5.74, 6) is -2.66. The molecule has 2 aromatic carbocycles. The highest BCUT2D eigenvalue weighted by Crippen LogP contribution is 2.34. The largest absolute Gasteiger partial charge is 0.481 e. The van der Waals surface area contributed by atoms with Crippen molar-refractivity contribution in [3.8, 4) is 0 Å². The van der Waals surface area contributed by atoms with Crippen LogP contribution in [-0.2, 0) is 9.59 Å². The predicted molar refractivity (Wildman–Crippen MR) is 105 cm³/mol. The Morgan fingerprint density at radius 1 is 1.04 bits per heavy atom. The lowest BCUT2D eigenvalue weighted by Gasteiger charge is -2.24. The molecule has 148 valence electrons. The SMILES string of the molecule is CC(C)c1ccc([C@@H](NC(=O)[C@@H]2CCC[C@@H]2C(=O)O)c2ccccc2)cc1F. The Kier molecular flexibility index (Phi) is 6.12. The minimum atomic E-state index is -0.929. The van der Waals surface area contributed by atoms with Gasteiger partial charge in [0.2, 0.25) is 5.91 Å². The third-order valence-electron chi connectivity index (χ3n) is 5.57. The van der Waals surface area contributed by atoms with Gasteiger partial charge in [-0.1, -0.05) is 62.7 Å². The van der Waals surface area contributed by atoms with E-state index in [2.05, 4.69) is 5.32 Å². The molecule has 1 fully saturated rings. The molecule has 0 unspecified atom stereocenters. The first kappa shape index (κ1) is 20.1. The number of carbonyl (C=O) groups is 2. The number of rotatable bonds is 6. The van der Waals surface area contributed by atoms with Gasteiger partial charge in [0.25, 0.3) is 0 Å². The molecule has 0 heterocycles. The molecule has 0 aromatic heterocycles. The number of amides is 1. The second-order valence-electron chi connectivity index (χ2n) is 7.77. The first-order chi connectivity index (χ1) is 13.4. The van der Waals surface area contributed by atoms with E-state index in [1.165, 1.54) is 6.07 Å². The number of benzene rings is 2. The zero-order valence-corrected chi connectivity index (χ0v) is 16.2. The van der Waals surface area contributed by atoms with Gasteiger partial charge in [-0.2, -0.15) is 0 Å². The monoisotopic (exact) mass is 383 g/mol. The van der Waals surface area contributed by atoms with Crippen LogP contribution in [0.15, 0.2) is 48.5 Å². The highest BCUT2D eigenvalue weighted by atomic mass is 19.1. The van der Waals surface area contributed by atoms with Gasteiger partial charge in [0.1, 0.15) is 5.82 Å². The third-order valence-corrected chi connectivity index (χ3v) is 5.57. The van der Waals surface area contributed by atoms with Gasteiger partial charge in [-0.15, -0.1) is 0 Å². The fraction of sp³-hybridized carbons (Fsp3) is 0.391. The van der Waals surface area contributed by atoms with Crippen molar-refractivity contribution in [1.29, 1.82) is 0 Å². The molecule has 3 rings (SSSR count). The Labute approximate surface area is 164 Å². The maximum absolute atomic E-state index is 14.6. The summed E-state index contributed by atoms with van der Waals surface area (Å²) in [4.78, 5) is 24.4. The van der Waals surface area contributed by atoms with E-state index in [4.69, 9.17) is 0 Å². The van der Waals surface area contributed by atoms with Crippen LogP contribution in [0.2, 0.25) is 0 Å². The van der Waals surface area contributed by atoms with Crippen LogP contribution in [0.4, 0.5) is 4.39 Å². The molecule has 0 bridgehead atoms. The summed E-state index contributed by atoms with van der Waals surface area (Å²) in [5.41, 5.74) is 2.10. The van der Waals surface area contributed by atoms with Crippen LogP contribution in [0.3, 0.4) is 0 Å². The van der Waals surface area contributed by atoms with Gasteiger partial charge in [0.05, 0.1) is 17.9 Å². The van der Waals surface area contributed by atoms with E-state index in [-0.39, 0.29) is 17.6 Å². The molecular formula is C23H26FNO3. The number of halogens is 1. The van der Waals surface area contributed by atoms with Crippen LogP contribution in [0, 0.1) is 17.7 Å². The van der Waals surface area contributed by atoms with Gasteiger partial charge in [0.15, 0.2) is 0 Å². The number of hydrogen-bond acceptors (Lipinski definition) is 2. The lowest BCUT2D eigenvalue weighted by atomic mass is 9.92. The molecule has 28 heavy (non-hydrogen) atoms. The van der Waals surface area contributed by atoms with E-state index in [9.17, 15) is 19.1 Å².